The number of fused-ring (bicyclic) bond motifs is 3. The number of rotatable bonds is 6. The van der Waals surface area contributed by atoms with Gasteiger partial charge in [0.15, 0.2) is 17.5 Å². The monoisotopic (exact) mass is 652 g/mol. The van der Waals surface area contributed by atoms with Crippen LogP contribution in [0.5, 0.6) is 0 Å². The molecule has 3 aromatic heterocycles. The molecule has 6 heteroatoms. The van der Waals surface area contributed by atoms with E-state index in [4.69, 9.17) is 15.0 Å². The molecule has 9 rings (SSSR count). The molecule has 0 aliphatic carbocycles. The van der Waals surface area contributed by atoms with Gasteiger partial charge in [0.05, 0.1) is 28.4 Å². The Labute approximate surface area is 294 Å². The fourth-order valence-electron chi connectivity index (χ4n) is 6.74. The summed E-state index contributed by atoms with van der Waals surface area (Å²) in [5.74, 6) is 1.76. The lowest BCUT2D eigenvalue weighted by Crippen LogP contribution is -2.04. The minimum absolute atomic E-state index is 0.567. The number of hydrogen-bond donors (Lipinski definition) is 0. The van der Waals surface area contributed by atoms with Crippen molar-refractivity contribution in [3.8, 4) is 68.2 Å². The lowest BCUT2D eigenvalue weighted by Gasteiger charge is -2.16. The van der Waals surface area contributed by atoms with Crippen molar-refractivity contribution in [3.05, 3.63) is 176 Å². The fourth-order valence-corrected chi connectivity index (χ4v) is 6.74. The van der Waals surface area contributed by atoms with E-state index in [9.17, 15) is 5.26 Å². The fraction of sp³-hybridized carbons (Fsp3) is 0. The van der Waals surface area contributed by atoms with Crippen LogP contribution < -0.4 is 0 Å². The zero-order valence-electron chi connectivity index (χ0n) is 27.3. The van der Waals surface area contributed by atoms with Gasteiger partial charge in [-0.05, 0) is 70.8 Å². The second-order valence-corrected chi connectivity index (χ2v) is 12.3. The van der Waals surface area contributed by atoms with E-state index >= 15 is 0 Å². The van der Waals surface area contributed by atoms with Crippen LogP contribution >= 0.6 is 0 Å². The Balaban J connectivity index is 1.35. The van der Waals surface area contributed by atoms with Gasteiger partial charge in [-0.15, -0.1) is 0 Å². The van der Waals surface area contributed by atoms with Crippen molar-refractivity contribution in [3.63, 3.8) is 0 Å². The lowest BCUT2D eigenvalue weighted by molar-refractivity contribution is 1.06. The standard InChI is InChI=1S/C45H28N6/c46-29-30-10-9-15-34(26-30)36-18-20-38-37-16-7-8-17-40(37)51(42(38)28-36)41-21-19-35(31-22-24-47-25-23-31)27-39(41)45-49-43(32-11-3-1-4-12-32)48-44(50-45)33-13-5-2-6-14-33/h1-28H. The Morgan fingerprint density at radius 2 is 1.02 bits per heavy atom. The highest BCUT2D eigenvalue weighted by atomic mass is 15.1. The average molecular weight is 653 g/mol. The molecular formula is C45H28N6. The van der Waals surface area contributed by atoms with Gasteiger partial charge >= 0.3 is 0 Å². The van der Waals surface area contributed by atoms with Crippen LogP contribution in [0, 0.1) is 11.3 Å². The number of pyridine rings is 1. The van der Waals surface area contributed by atoms with Crippen molar-refractivity contribution in [1.29, 1.82) is 5.26 Å². The van der Waals surface area contributed by atoms with E-state index in [0.717, 1.165) is 66.4 Å². The van der Waals surface area contributed by atoms with Crippen LogP contribution in [-0.4, -0.2) is 24.5 Å². The molecule has 51 heavy (non-hydrogen) atoms. The first-order valence-electron chi connectivity index (χ1n) is 16.7. The molecule has 0 N–H and O–H groups in total. The van der Waals surface area contributed by atoms with Crippen LogP contribution in [-0.2, 0) is 0 Å². The topological polar surface area (TPSA) is 80.3 Å². The Kier molecular flexibility index (Phi) is 7.42. The second-order valence-electron chi connectivity index (χ2n) is 12.3. The summed E-state index contributed by atoms with van der Waals surface area (Å²) < 4.78 is 2.31. The van der Waals surface area contributed by atoms with Crippen LogP contribution in [0.4, 0.5) is 0 Å². The molecule has 0 saturated carbocycles. The van der Waals surface area contributed by atoms with Crippen molar-refractivity contribution in [1.82, 2.24) is 24.5 Å². The normalized spacial score (nSPS) is 11.1. The molecular weight excluding hydrogens is 625 g/mol. The van der Waals surface area contributed by atoms with Gasteiger partial charge in [0, 0.05) is 39.9 Å². The quantitative estimate of drug-likeness (QED) is 0.179. The van der Waals surface area contributed by atoms with Crippen molar-refractivity contribution in [2.45, 2.75) is 0 Å². The summed E-state index contributed by atoms with van der Waals surface area (Å²) in [7, 11) is 0. The Morgan fingerprint density at radius 3 is 1.75 bits per heavy atom. The van der Waals surface area contributed by atoms with Gasteiger partial charge in [-0.3, -0.25) is 4.98 Å². The molecule has 238 valence electrons. The van der Waals surface area contributed by atoms with E-state index in [2.05, 4.69) is 76.3 Å². The number of benzene rings is 6. The van der Waals surface area contributed by atoms with E-state index in [1.165, 1.54) is 0 Å². The molecule has 6 nitrogen and oxygen atoms in total. The molecule has 0 fully saturated rings. The van der Waals surface area contributed by atoms with Crippen molar-refractivity contribution >= 4 is 21.8 Å². The van der Waals surface area contributed by atoms with Crippen molar-refractivity contribution < 1.29 is 0 Å². The summed E-state index contributed by atoms with van der Waals surface area (Å²) in [4.78, 5) is 19.6. The molecule has 3 heterocycles. The van der Waals surface area contributed by atoms with Crippen LogP contribution in [0.3, 0.4) is 0 Å². The summed E-state index contributed by atoms with van der Waals surface area (Å²) in [6.07, 6.45) is 3.62. The SMILES string of the molecule is N#Cc1cccc(-c2ccc3c4ccccc4n(-c4ccc(-c5ccncc5)cc4-c4nc(-c5ccccc5)nc(-c5ccccc5)n4)c3c2)c1. The third kappa shape index (κ3) is 5.49. The molecule has 0 atom stereocenters. The zero-order chi connectivity index (χ0) is 34.1. The Bertz CT molecular complexity index is 2690. The van der Waals surface area contributed by atoms with Gasteiger partial charge in [-0.1, -0.05) is 109 Å². The molecule has 6 aromatic carbocycles. The highest BCUT2D eigenvalue weighted by Gasteiger charge is 2.21. The maximum Gasteiger partial charge on any atom is 0.166 e. The maximum atomic E-state index is 9.62. The maximum absolute atomic E-state index is 9.62. The van der Waals surface area contributed by atoms with Crippen molar-refractivity contribution in [2.75, 3.05) is 0 Å². The summed E-state index contributed by atoms with van der Waals surface area (Å²) in [6.45, 7) is 0. The summed E-state index contributed by atoms with van der Waals surface area (Å²) >= 11 is 0. The van der Waals surface area contributed by atoms with Gasteiger partial charge in [0.25, 0.3) is 0 Å². The van der Waals surface area contributed by atoms with Gasteiger partial charge in [-0.25, -0.2) is 15.0 Å². The molecule has 0 radical (unpaired) electrons. The highest BCUT2D eigenvalue weighted by Crippen LogP contribution is 2.39. The van der Waals surface area contributed by atoms with E-state index < -0.39 is 0 Å². The molecule has 0 spiro atoms. The predicted molar refractivity (Wildman–Crippen MR) is 204 cm³/mol. The largest absolute Gasteiger partial charge is 0.308 e. The van der Waals surface area contributed by atoms with Crippen LogP contribution in [0.2, 0.25) is 0 Å². The van der Waals surface area contributed by atoms with E-state index in [1.807, 2.05) is 109 Å². The van der Waals surface area contributed by atoms with Gasteiger partial charge in [-0.2, -0.15) is 5.26 Å². The zero-order valence-corrected chi connectivity index (χ0v) is 27.3. The molecule has 0 unspecified atom stereocenters. The number of hydrogen-bond acceptors (Lipinski definition) is 5. The van der Waals surface area contributed by atoms with Crippen molar-refractivity contribution in [2.24, 2.45) is 0 Å². The minimum atomic E-state index is 0.567. The molecule has 0 aliphatic rings. The molecule has 0 aliphatic heterocycles. The summed E-state index contributed by atoms with van der Waals surface area (Å²) in [5, 5.41) is 11.9. The molecule has 9 aromatic rings. The predicted octanol–water partition coefficient (Wildman–Crippen LogP) is 10.6. The van der Waals surface area contributed by atoms with Gasteiger partial charge in [0.1, 0.15) is 0 Å². The first-order chi connectivity index (χ1) is 25.2. The van der Waals surface area contributed by atoms with E-state index in [-0.39, 0.29) is 0 Å². The third-order valence-corrected chi connectivity index (χ3v) is 9.19. The summed E-state index contributed by atoms with van der Waals surface area (Å²) in [6, 6.07) is 55.6. The van der Waals surface area contributed by atoms with E-state index in [1.54, 1.807) is 0 Å². The van der Waals surface area contributed by atoms with Gasteiger partial charge < -0.3 is 4.57 Å². The number of nitriles is 1. The first kappa shape index (κ1) is 29.9. The molecule has 0 saturated heterocycles. The molecule has 0 amide bonds. The Morgan fingerprint density at radius 1 is 0.431 bits per heavy atom. The Hall–Kier alpha value is -7.23. The van der Waals surface area contributed by atoms with Crippen LogP contribution in [0.25, 0.3) is 83.9 Å². The van der Waals surface area contributed by atoms with E-state index in [0.29, 0.717) is 23.0 Å². The number of para-hydroxylation sites is 1. The number of aromatic nitrogens is 5. The van der Waals surface area contributed by atoms with Crippen LogP contribution in [0.1, 0.15) is 5.56 Å². The lowest BCUT2D eigenvalue weighted by atomic mass is 10.0. The highest BCUT2D eigenvalue weighted by molar-refractivity contribution is 6.10. The van der Waals surface area contributed by atoms with Gasteiger partial charge in [0.2, 0.25) is 0 Å². The minimum Gasteiger partial charge on any atom is -0.308 e. The summed E-state index contributed by atoms with van der Waals surface area (Å²) in [5.41, 5.74) is 10.4. The third-order valence-electron chi connectivity index (χ3n) is 9.19. The smallest absolute Gasteiger partial charge is 0.166 e. The number of nitrogens with zero attached hydrogens (tertiary/aromatic N) is 6. The van der Waals surface area contributed by atoms with Crippen LogP contribution in [0.15, 0.2) is 170 Å². The molecule has 0 bridgehead atoms. The first-order valence-corrected chi connectivity index (χ1v) is 16.7. The average Bonchev–Trinajstić information content (AvgIpc) is 3.55. The second kappa shape index (κ2) is 12.7.